The average molecular weight is 371 g/mol. The lowest BCUT2D eigenvalue weighted by Gasteiger charge is -2.20. The van der Waals surface area contributed by atoms with Crippen LogP contribution in [0.1, 0.15) is 62.1 Å². The molecule has 2 rings (SSSR count). The van der Waals surface area contributed by atoms with Crippen molar-refractivity contribution in [1.29, 1.82) is 0 Å². The van der Waals surface area contributed by atoms with Gasteiger partial charge in [0, 0.05) is 11.1 Å². The number of aromatic nitrogens is 2. The van der Waals surface area contributed by atoms with Gasteiger partial charge in [-0.05, 0) is 38.5 Å². The van der Waals surface area contributed by atoms with Crippen LogP contribution in [0.15, 0.2) is 29.1 Å². The molecule has 0 aliphatic rings. The summed E-state index contributed by atoms with van der Waals surface area (Å²) in [5.74, 6) is -0.986. The van der Waals surface area contributed by atoms with E-state index in [1.54, 1.807) is 45.0 Å². The van der Waals surface area contributed by atoms with Crippen LogP contribution < -0.4 is 10.9 Å². The number of aliphatic carboxylic acids is 1. The third-order valence-corrected chi connectivity index (χ3v) is 4.44. The zero-order valence-electron chi connectivity index (χ0n) is 16.4. The number of H-pyrrole nitrogens is 1. The van der Waals surface area contributed by atoms with Crippen molar-refractivity contribution in [2.24, 2.45) is 0 Å². The highest BCUT2D eigenvalue weighted by Gasteiger charge is 2.29. The summed E-state index contributed by atoms with van der Waals surface area (Å²) in [7, 11) is 0. The van der Waals surface area contributed by atoms with Gasteiger partial charge in [0.05, 0.1) is 11.1 Å². The van der Waals surface area contributed by atoms with Gasteiger partial charge in [0.1, 0.15) is 11.4 Å². The number of benzene rings is 1. The number of aryl methyl sites for hydroxylation is 1. The van der Waals surface area contributed by atoms with Crippen molar-refractivity contribution in [3.63, 3.8) is 0 Å². The van der Waals surface area contributed by atoms with Gasteiger partial charge in [0.2, 0.25) is 0 Å². The number of hydrogen-bond donors (Lipinski definition) is 3. The van der Waals surface area contributed by atoms with Crippen LogP contribution in [-0.4, -0.2) is 27.0 Å². The number of carbonyl (C=O) groups is 2. The van der Waals surface area contributed by atoms with Gasteiger partial charge >= 0.3 is 5.97 Å². The number of nitrogens with zero attached hydrogens (tertiary/aromatic N) is 1. The van der Waals surface area contributed by atoms with Crippen LogP contribution in [0.5, 0.6) is 0 Å². The zero-order chi connectivity index (χ0) is 20.6. The van der Waals surface area contributed by atoms with Gasteiger partial charge in [0.25, 0.3) is 11.5 Å². The van der Waals surface area contributed by atoms with Crippen molar-refractivity contribution in [1.82, 2.24) is 9.97 Å². The number of amides is 1. The van der Waals surface area contributed by atoms with E-state index in [2.05, 4.69) is 15.3 Å². The molecule has 1 amide bonds. The second-order valence-corrected chi connectivity index (χ2v) is 8.09. The highest BCUT2D eigenvalue weighted by molar-refractivity contribution is 6.04. The molecule has 0 aliphatic heterocycles. The molecule has 27 heavy (non-hydrogen) atoms. The monoisotopic (exact) mass is 371 g/mol. The molecule has 0 saturated carbocycles. The Hall–Kier alpha value is -2.96. The molecule has 0 fully saturated rings. The molecule has 0 unspecified atom stereocenters. The summed E-state index contributed by atoms with van der Waals surface area (Å²) in [6.45, 7) is 10.6. The Morgan fingerprint density at radius 3 is 2.07 bits per heavy atom. The molecule has 144 valence electrons. The summed E-state index contributed by atoms with van der Waals surface area (Å²) in [4.78, 5) is 43.3. The Balaban J connectivity index is 2.28. The molecule has 3 N–H and O–H groups in total. The fourth-order valence-electron chi connectivity index (χ4n) is 2.50. The number of carboxylic acid groups (broad SMARTS) is 1. The van der Waals surface area contributed by atoms with Crippen LogP contribution in [0.25, 0.3) is 0 Å². The number of anilines is 1. The van der Waals surface area contributed by atoms with Crippen molar-refractivity contribution in [2.45, 2.75) is 52.4 Å². The number of hydrogen-bond acceptors (Lipinski definition) is 4. The topological polar surface area (TPSA) is 112 Å². The van der Waals surface area contributed by atoms with E-state index in [4.69, 9.17) is 0 Å². The van der Waals surface area contributed by atoms with Crippen LogP contribution >= 0.6 is 0 Å². The first kappa shape index (κ1) is 20.4. The zero-order valence-corrected chi connectivity index (χ0v) is 16.4. The normalized spacial score (nSPS) is 11.9. The summed E-state index contributed by atoms with van der Waals surface area (Å²) in [5.41, 5.74) is -0.493. The molecule has 2 aromatic rings. The molecule has 7 nitrogen and oxygen atoms in total. The summed E-state index contributed by atoms with van der Waals surface area (Å²) in [6, 6.07) is 6.50. The van der Waals surface area contributed by atoms with E-state index in [0.717, 1.165) is 0 Å². The molecule has 1 aromatic heterocycles. The van der Waals surface area contributed by atoms with E-state index in [-0.39, 0.29) is 11.0 Å². The van der Waals surface area contributed by atoms with E-state index < -0.39 is 22.9 Å². The summed E-state index contributed by atoms with van der Waals surface area (Å²) < 4.78 is 0. The van der Waals surface area contributed by atoms with Crippen molar-refractivity contribution >= 4 is 17.6 Å². The standard InChI is InChI=1S/C20H25N3O4/c1-11-14(16(25)23-17(21-11)19(2,3)4)15(24)22-13-9-7-12(8-10-13)20(5,6)18(26)27/h7-10H,1-6H3,(H,22,24)(H,26,27)(H,21,23,25). The maximum Gasteiger partial charge on any atom is 0.313 e. The van der Waals surface area contributed by atoms with Crippen LogP contribution in [0.2, 0.25) is 0 Å². The average Bonchev–Trinajstić information content (AvgIpc) is 2.53. The van der Waals surface area contributed by atoms with Gasteiger partial charge in [-0.2, -0.15) is 0 Å². The molecular formula is C20H25N3O4. The molecule has 0 radical (unpaired) electrons. The molecule has 7 heteroatoms. The van der Waals surface area contributed by atoms with Crippen LogP contribution in [0, 0.1) is 6.92 Å². The Morgan fingerprint density at radius 1 is 1.07 bits per heavy atom. The number of nitrogens with one attached hydrogen (secondary N) is 2. The maximum absolute atomic E-state index is 12.5. The lowest BCUT2D eigenvalue weighted by Crippen LogP contribution is -2.30. The van der Waals surface area contributed by atoms with Gasteiger partial charge < -0.3 is 15.4 Å². The maximum atomic E-state index is 12.5. The minimum Gasteiger partial charge on any atom is -0.481 e. The highest BCUT2D eigenvalue weighted by atomic mass is 16.4. The molecular weight excluding hydrogens is 346 g/mol. The predicted octanol–water partition coefficient (Wildman–Crippen LogP) is 2.99. The van der Waals surface area contributed by atoms with E-state index in [1.807, 2.05) is 20.8 Å². The van der Waals surface area contributed by atoms with Crippen LogP contribution in [-0.2, 0) is 15.6 Å². The molecule has 0 spiro atoms. The Labute approximate surface area is 157 Å². The number of aromatic amines is 1. The largest absolute Gasteiger partial charge is 0.481 e. The molecule has 0 bridgehead atoms. The predicted molar refractivity (Wildman–Crippen MR) is 103 cm³/mol. The minimum atomic E-state index is -1.04. The van der Waals surface area contributed by atoms with Gasteiger partial charge in [-0.15, -0.1) is 0 Å². The number of carbonyl (C=O) groups excluding carboxylic acids is 1. The highest BCUT2D eigenvalue weighted by Crippen LogP contribution is 2.25. The van der Waals surface area contributed by atoms with Gasteiger partial charge in [-0.1, -0.05) is 32.9 Å². The number of carboxylic acids is 1. The third-order valence-electron chi connectivity index (χ3n) is 4.44. The van der Waals surface area contributed by atoms with Crippen molar-refractivity contribution in [3.8, 4) is 0 Å². The third kappa shape index (κ3) is 4.24. The first-order valence-corrected chi connectivity index (χ1v) is 8.60. The summed E-state index contributed by atoms with van der Waals surface area (Å²) in [6.07, 6.45) is 0. The summed E-state index contributed by atoms with van der Waals surface area (Å²) in [5, 5.41) is 11.9. The minimum absolute atomic E-state index is 0.0436. The van der Waals surface area contributed by atoms with E-state index >= 15 is 0 Å². The first-order valence-electron chi connectivity index (χ1n) is 8.60. The van der Waals surface area contributed by atoms with E-state index in [9.17, 15) is 19.5 Å². The summed E-state index contributed by atoms with van der Waals surface area (Å²) >= 11 is 0. The Morgan fingerprint density at radius 2 is 1.63 bits per heavy atom. The second kappa shape index (κ2) is 6.98. The SMILES string of the molecule is Cc1nc(C(C)(C)C)[nH]c(=O)c1C(=O)Nc1ccc(C(C)(C)C(=O)O)cc1. The molecule has 0 aliphatic carbocycles. The van der Waals surface area contributed by atoms with Crippen molar-refractivity contribution < 1.29 is 14.7 Å². The van der Waals surface area contributed by atoms with E-state index in [1.165, 1.54) is 0 Å². The van der Waals surface area contributed by atoms with Crippen LogP contribution in [0.3, 0.4) is 0 Å². The molecule has 0 atom stereocenters. The lowest BCUT2D eigenvalue weighted by molar-refractivity contribution is -0.142. The Kier molecular flexibility index (Phi) is 5.26. The van der Waals surface area contributed by atoms with Gasteiger partial charge in [-0.3, -0.25) is 14.4 Å². The van der Waals surface area contributed by atoms with Crippen LogP contribution in [0.4, 0.5) is 5.69 Å². The molecule has 1 aromatic carbocycles. The quantitative estimate of drug-likeness (QED) is 0.765. The molecule has 1 heterocycles. The fourth-order valence-corrected chi connectivity index (χ4v) is 2.50. The van der Waals surface area contributed by atoms with E-state index in [0.29, 0.717) is 22.8 Å². The van der Waals surface area contributed by atoms with Crippen molar-refractivity contribution in [3.05, 3.63) is 57.3 Å². The first-order chi connectivity index (χ1) is 12.3. The van der Waals surface area contributed by atoms with Crippen molar-refractivity contribution in [2.75, 3.05) is 5.32 Å². The second-order valence-electron chi connectivity index (χ2n) is 8.09. The fraction of sp³-hybridized carbons (Fsp3) is 0.400. The lowest BCUT2D eigenvalue weighted by atomic mass is 9.85. The van der Waals surface area contributed by atoms with Gasteiger partial charge in [0.15, 0.2) is 0 Å². The number of rotatable bonds is 4. The Bertz CT molecular complexity index is 935. The smallest absolute Gasteiger partial charge is 0.313 e. The molecule has 0 saturated heterocycles. The van der Waals surface area contributed by atoms with Gasteiger partial charge in [-0.25, -0.2) is 4.98 Å².